The largest absolute Gasteiger partial charge is 0.489 e. The van der Waals surface area contributed by atoms with Gasteiger partial charge in [-0.05, 0) is 24.1 Å². The molecule has 1 heterocycles. The van der Waals surface area contributed by atoms with Crippen molar-refractivity contribution in [2.45, 2.75) is 19.4 Å². The summed E-state index contributed by atoms with van der Waals surface area (Å²) in [6.45, 7) is 2.10. The van der Waals surface area contributed by atoms with Gasteiger partial charge >= 0.3 is 0 Å². The summed E-state index contributed by atoms with van der Waals surface area (Å²) < 4.78 is 6.80. The Hall–Kier alpha value is -0.250. The molecular formula is C10H11IO. The van der Waals surface area contributed by atoms with Gasteiger partial charge in [-0.1, -0.05) is 34.7 Å². The number of benzene rings is 1. The summed E-state index contributed by atoms with van der Waals surface area (Å²) in [5, 5.41) is 0. The minimum absolute atomic E-state index is 0.405. The summed E-state index contributed by atoms with van der Waals surface area (Å²) in [6, 6.07) is 6.45. The number of hydrogen-bond donors (Lipinski definition) is 0. The summed E-state index contributed by atoms with van der Waals surface area (Å²) in [6.07, 6.45) is 1.49. The Morgan fingerprint density at radius 2 is 2.42 bits per heavy atom. The second kappa shape index (κ2) is 3.24. The van der Waals surface area contributed by atoms with E-state index in [1.807, 2.05) is 0 Å². The minimum atomic E-state index is 0.405. The van der Waals surface area contributed by atoms with Gasteiger partial charge in [0.1, 0.15) is 11.9 Å². The van der Waals surface area contributed by atoms with Crippen LogP contribution in [0.3, 0.4) is 0 Å². The SMILES string of the molecule is Cc1ccc2c(c1)OC(CI)C2. The molecule has 1 unspecified atom stereocenters. The van der Waals surface area contributed by atoms with Crippen molar-refractivity contribution < 1.29 is 4.74 Å². The molecule has 0 bridgehead atoms. The Morgan fingerprint density at radius 3 is 3.17 bits per heavy atom. The number of ether oxygens (including phenoxy) is 1. The molecule has 1 nitrogen and oxygen atoms in total. The Balaban J connectivity index is 2.30. The second-order valence-corrected chi connectivity index (χ2v) is 4.09. The molecule has 0 amide bonds. The number of halogens is 1. The van der Waals surface area contributed by atoms with E-state index in [2.05, 4.69) is 47.7 Å². The van der Waals surface area contributed by atoms with Crippen molar-refractivity contribution in [3.05, 3.63) is 29.3 Å². The lowest BCUT2D eigenvalue weighted by atomic mass is 10.1. The van der Waals surface area contributed by atoms with E-state index in [1.54, 1.807) is 0 Å². The van der Waals surface area contributed by atoms with Gasteiger partial charge in [0, 0.05) is 10.8 Å². The van der Waals surface area contributed by atoms with Crippen LogP contribution in [0, 0.1) is 6.92 Å². The zero-order valence-electron chi connectivity index (χ0n) is 7.01. The first kappa shape index (κ1) is 8.35. The van der Waals surface area contributed by atoms with Crippen LogP contribution in [0.1, 0.15) is 11.1 Å². The zero-order chi connectivity index (χ0) is 8.55. The van der Waals surface area contributed by atoms with Crippen LogP contribution in [0.2, 0.25) is 0 Å². The van der Waals surface area contributed by atoms with Gasteiger partial charge < -0.3 is 4.74 Å². The molecule has 0 fully saturated rings. The van der Waals surface area contributed by atoms with Crippen LogP contribution in [0.5, 0.6) is 5.75 Å². The van der Waals surface area contributed by atoms with Gasteiger partial charge in [-0.15, -0.1) is 0 Å². The standard InChI is InChI=1S/C10H11IO/c1-7-2-3-8-5-9(6-11)12-10(8)4-7/h2-4,9H,5-6H2,1H3. The van der Waals surface area contributed by atoms with Crippen LogP contribution in [-0.2, 0) is 6.42 Å². The van der Waals surface area contributed by atoms with E-state index in [0.717, 1.165) is 16.6 Å². The third kappa shape index (κ3) is 1.44. The zero-order valence-corrected chi connectivity index (χ0v) is 9.17. The second-order valence-electron chi connectivity index (χ2n) is 3.21. The lowest BCUT2D eigenvalue weighted by molar-refractivity contribution is 0.262. The fourth-order valence-corrected chi connectivity index (χ4v) is 1.98. The average Bonchev–Trinajstić information content (AvgIpc) is 2.46. The Kier molecular flexibility index (Phi) is 2.26. The Morgan fingerprint density at radius 1 is 1.58 bits per heavy atom. The minimum Gasteiger partial charge on any atom is -0.489 e. The molecule has 12 heavy (non-hydrogen) atoms. The maximum atomic E-state index is 5.73. The number of alkyl halides is 1. The average molecular weight is 274 g/mol. The van der Waals surface area contributed by atoms with Crippen molar-refractivity contribution in [1.82, 2.24) is 0 Å². The van der Waals surface area contributed by atoms with Gasteiger partial charge in [0.2, 0.25) is 0 Å². The normalized spacial score (nSPS) is 20.3. The van der Waals surface area contributed by atoms with E-state index in [1.165, 1.54) is 11.1 Å². The highest BCUT2D eigenvalue weighted by Gasteiger charge is 2.20. The highest BCUT2D eigenvalue weighted by Crippen LogP contribution is 2.30. The summed E-state index contributed by atoms with van der Waals surface area (Å²) >= 11 is 2.37. The molecule has 0 saturated heterocycles. The van der Waals surface area contributed by atoms with E-state index < -0.39 is 0 Å². The van der Waals surface area contributed by atoms with Gasteiger partial charge in [-0.25, -0.2) is 0 Å². The van der Waals surface area contributed by atoms with Crippen LogP contribution < -0.4 is 4.74 Å². The summed E-state index contributed by atoms with van der Waals surface area (Å²) in [5.41, 5.74) is 2.64. The van der Waals surface area contributed by atoms with Crippen LogP contribution in [0.25, 0.3) is 0 Å². The van der Waals surface area contributed by atoms with Crippen molar-refractivity contribution in [1.29, 1.82) is 0 Å². The van der Waals surface area contributed by atoms with Crippen molar-refractivity contribution in [3.63, 3.8) is 0 Å². The third-order valence-electron chi connectivity index (χ3n) is 2.14. The van der Waals surface area contributed by atoms with Crippen LogP contribution in [-0.4, -0.2) is 10.5 Å². The first-order chi connectivity index (χ1) is 5.79. The van der Waals surface area contributed by atoms with E-state index in [4.69, 9.17) is 4.74 Å². The molecular weight excluding hydrogens is 263 g/mol. The molecule has 0 N–H and O–H groups in total. The molecule has 2 heteroatoms. The highest BCUT2D eigenvalue weighted by molar-refractivity contribution is 14.1. The third-order valence-corrected chi connectivity index (χ3v) is 3.12. The van der Waals surface area contributed by atoms with Crippen molar-refractivity contribution in [2.24, 2.45) is 0 Å². The Labute approximate surface area is 86.3 Å². The van der Waals surface area contributed by atoms with Gasteiger partial charge in [-0.2, -0.15) is 0 Å². The number of hydrogen-bond acceptors (Lipinski definition) is 1. The van der Waals surface area contributed by atoms with Gasteiger partial charge in [0.25, 0.3) is 0 Å². The molecule has 1 atom stereocenters. The molecule has 64 valence electrons. The lowest BCUT2D eigenvalue weighted by Crippen LogP contribution is -2.13. The first-order valence-corrected chi connectivity index (χ1v) is 5.64. The molecule has 0 radical (unpaired) electrons. The topological polar surface area (TPSA) is 9.23 Å². The predicted octanol–water partition coefficient (Wildman–Crippen LogP) is 2.73. The van der Waals surface area contributed by atoms with E-state index in [9.17, 15) is 0 Å². The van der Waals surface area contributed by atoms with Gasteiger partial charge in [0.15, 0.2) is 0 Å². The predicted molar refractivity (Wildman–Crippen MR) is 58.2 cm³/mol. The molecule has 1 aromatic rings. The molecule has 2 rings (SSSR count). The van der Waals surface area contributed by atoms with Crippen LogP contribution >= 0.6 is 22.6 Å². The van der Waals surface area contributed by atoms with Gasteiger partial charge in [-0.3, -0.25) is 0 Å². The van der Waals surface area contributed by atoms with Crippen molar-refractivity contribution in [2.75, 3.05) is 4.43 Å². The molecule has 1 aromatic carbocycles. The summed E-state index contributed by atoms with van der Waals surface area (Å²) in [4.78, 5) is 0. The van der Waals surface area contributed by atoms with Gasteiger partial charge in [0.05, 0.1) is 0 Å². The highest BCUT2D eigenvalue weighted by atomic mass is 127. The van der Waals surface area contributed by atoms with Crippen molar-refractivity contribution >= 4 is 22.6 Å². The summed E-state index contributed by atoms with van der Waals surface area (Å²) in [7, 11) is 0. The lowest BCUT2D eigenvalue weighted by Gasteiger charge is -2.05. The van der Waals surface area contributed by atoms with E-state index in [-0.39, 0.29) is 0 Å². The fourth-order valence-electron chi connectivity index (χ4n) is 1.49. The fraction of sp³-hybridized carbons (Fsp3) is 0.400. The maximum absolute atomic E-state index is 5.73. The molecule has 1 aliphatic rings. The maximum Gasteiger partial charge on any atom is 0.123 e. The van der Waals surface area contributed by atoms with Crippen molar-refractivity contribution in [3.8, 4) is 5.75 Å². The molecule has 0 spiro atoms. The number of rotatable bonds is 1. The molecule has 1 aliphatic heterocycles. The first-order valence-electron chi connectivity index (χ1n) is 4.12. The number of fused-ring (bicyclic) bond motifs is 1. The smallest absolute Gasteiger partial charge is 0.123 e. The van der Waals surface area contributed by atoms with Crippen LogP contribution in [0.4, 0.5) is 0 Å². The van der Waals surface area contributed by atoms with E-state index >= 15 is 0 Å². The molecule has 0 saturated carbocycles. The molecule has 0 aromatic heterocycles. The summed E-state index contributed by atoms with van der Waals surface area (Å²) in [5.74, 6) is 1.09. The van der Waals surface area contributed by atoms with Crippen LogP contribution in [0.15, 0.2) is 18.2 Å². The quantitative estimate of drug-likeness (QED) is 0.565. The molecule has 0 aliphatic carbocycles. The Bertz CT molecular complexity index is 296. The van der Waals surface area contributed by atoms with E-state index in [0.29, 0.717) is 6.10 Å². The monoisotopic (exact) mass is 274 g/mol. The number of aryl methyl sites for hydroxylation is 1.